The average Bonchev–Trinajstić information content (AvgIpc) is 2.94. The van der Waals surface area contributed by atoms with Crippen molar-refractivity contribution < 1.29 is 5.11 Å². The third kappa shape index (κ3) is 5.09. The second-order valence-corrected chi connectivity index (χ2v) is 7.01. The van der Waals surface area contributed by atoms with Crippen molar-refractivity contribution in [3.05, 3.63) is 18.1 Å². The van der Waals surface area contributed by atoms with Gasteiger partial charge in [0.05, 0.1) is 11.6 Å². The van der Waals surface area contributed by atoms with E-state index in [2.05, 4.69) is 27.2 Å². The van der Waals surface area contributed by atoms with Crippen LogP contribution in [0.5, 0.6) is 0 Å². The van der Waals surface area contributed by atoms with E-state index in [0.29, 0.717) is 12.4 Å². The summed E-state index contributed by atoms with van der Waals surface area (Å²) >= 11 is 1.92. The summed E-state index contributed by atoms with van der Waals surface area (Å²) in [5.74, 6) is 2.86. The third-order valence-corrected chi connectivity index (χ3v) is 5.19. The number of anilines is 1. The summed E-state index contributed by atoms with van der Waals surface area (Å²) in [5.41, 5.74) is 8.53. The normalized spacial score (nSPS) is 14.2. The van der Waals surface area contributed by atoms with Crippen LogP contribution in [0.3, 0.4) is 0 Å². The van der Waals surface area contributed by atoms with Crippen molar-refractivity contribution in [2.75, 3.05) is 23.8 Å². The van der Waals surface area contributed by atoms with Crippen molar-refractivity contribution in [1.29, 1.82) is 0 Å². The Morgan fingerprint density at radius 2 is 2.26 bits per heavy atom. The number of aliphatic hydroxyl groups excluding tert-OH is 1. The number of fused-ring (bicyclic) bond motifs is 1. The Bertz CT molecular complexity index is 601. The number of nitrogens with one attached hydrogen (secondary N) is 2. The van der Waals surface area contributed by atoms with E-state index in [1.54, 1.807) is 0 Å². The predicted octanol–water partition coefficient (Wildman–Crippen LogP) is 2.16. The van der Waals surface area contributed by atoms with E-state index in [-0.39, 0.29) is 12.0 Å². The number of nitrogens with zero attached hydrogens (tertiary/aromatic N) is 2. The fourth-order valence-electron chi connectivity index (χ4n) is 2.39. The number of aromatic amines is 1. The summed E-state index contributed by atoms with van der Waals surface area (Å²) < 4.78 is 0. The first-order valence-corrected chi connectivity index (χ1v) is 9.31. The third-order valence-electron chi connectivity index (χ3n) is 3.95. The summed E-state index contributed by atoms with van der Waals surface area (Å²) in [4.78, 5) is 11.4. The van der Waals surface area contributed by atoms with Crippen molar-refractivity contribution in [2.45, 2.75) is 39.3 Å². The fraction of sp³-hybridized carbons (Fsp3) is 0.625. The van der Waals surface area contributed by atoms with Gasteiger partial charge in [-0.05, 0) is 24.9 Å². The lowest BCUT2D eigenvalue weighted by atomic mass is 10.1. The summed E-state index contributed by atoms with van der Waals surface area (Å²) in [6.45, 7) is 5.54. The van der Waals surface area contributed by atoms with Crippen molar-refractivity contribution in [1.82, 2.24) is 20.3 Å². The van der Waals surface area contributed by atoms with Crippen LogP contribution in [0.15, 0.2) is 12.5 Å². The topological polar surface area (TPSA) is 99.9 Å². The number of H-pyrrole nitrogens is 1. The lowest BCUT2D eigenvalue weighted by Crippen LogP contribution is -2.31. The van der Waals surface area contributed by atoms with Crippen molar-refractivity contribution in [3.63, 3.8) is 0 Å². The molecule has 2 aromatic rings. The molecule has 7 heteroatoms. The highest BCUT2D eigenvalue weighted by Gasteiger charge is 2.15. The summed E-state index contributed by atoms with van der Waals surface area (Å²) in [6.07, 6.45) is 5.54. The Labute approximate surface area is 141 Å². The minimum atomic E-state index is -0.308. The molecular formula is C16H27N5OS. The van der Waals surface area contributed by atoms with Crippen LogP contribution in [0.2, 0.25) is 0 Å². The molecule has 0 amide bonds. The van der Waals surface area contributed by atoms with Gasteiger partial charge in [0.25, 0.3) is 0 Å². The Kier molecular flexibility index (Phi) is 7.14. The largest absolute Gasteiger partial charge is 0.393 e. The smallest absolute Gasteiger partial charge is 0.151 e. The van der Waals surface area contributed by atoms with Gasteiger partial charge in [0.15, 0.2) is 5.82 Å². The number of nitrogens with two attached hydrogens (primary N) is 1. The molecule has 0 saturated carbocycles. The number of rotatable bonds is 10. The van der Waals surface area contributed by atoms with Gasteiger partial charge >= 0.3 is 0 Å². The van der Waals surface area contributed by atoms with E-state index in [0.717, 1.165) is 28.9 Å². The molecule has 6 nitrogen and oxygen atoms in total. The van der Waals surface area contributed by atoms with Crippen LogP contribution in [0.4, 0.5) is 5.82 Å². The molecule has 0 saturated heterocycles. The molecule has 5 N–H and O–H groups in total. The Balaban J connectivity index is 1.85. The molecule has 1 unspecified atom stereocenters. The fourth-order valence-corrected chi connectivity index (χ4v) is 3.75. The molecule has 2 aromatic heterocycles. The van der Waals surface area contributed by atoms with Gasteiger partial charge < -0.3 is 21.1 Å². The van der Waals surface area contributed by atoms with Crippen molar-refractivity contribution >= 4 is 28.6 Å². The molecule has 0 radical (unpaired) electrons. The van der Waals surface area contributed by atoms with E-state index in [1.165, 1.54) is 24.9 Å². The highest BCUT2D eigenvalue weighted by atomic mass is 32.2. The maximum Gasteiger partial charge on any atom is 0.151 e. The molecule has 0 aromatic carbocycles. The van der Waals surface area contributed by atoms with Gasteiger partial charge in [-0.3, -0.25) is 0 Å². The van der Waals surface area contributed by atoms with Crippen LogP contribution in [0.1, 0.15) is 32.3 Å². The maximum atomic E-state index is 9.94. The number of nitrogen functional groups attached to an aromatic ring is 1. The Morgan fingerprint density at radius 3 is 3.00 bits per heavy atom. The second kappa shape index (κ2) is 9.10. The van der Waals surface area contributed by atoms with Gasteiger partial charge in [0.1, 0.15) is 11.8 Å². The van der Waals surface area contributed by atoms with Gasteiger partial charge in [0, 0.05) is 30.8 Å². The number of aromatic nitrogens is 3. The number of aliphatic hydroxyl groups is 1. The zero-order valence-electron chi connectivity index (χ0n) is 13.9. The molecule has 0 aliphatic carbocycles. The Morgan fingerprint density at radius 1 is 1.43 bits per heavy atom. The molecule has 0 spiro atoms. The first kappa shape index (κ1) is 18.0. The van der Waals surface area contributed by atoms with Crippen molar-refractivity contribution in [2.24, 2.45) is 5.92 Å². The standard InChI is InChI=1S/C16H27N5OS/c1-3-4-5-23-9-13(11(2)22)7-18-6-12-8-19-15-14(12)20-10-21-16(15)17/h8,10-11,13,18-19,22H,3-7,9H2,1-2H3,(H2,17,20,21)/t11-,13?/m1/s1. The SMILES string of the molecule is CCCCSCC(CNCc1c[nH]c2c(N)ncnc12)[C@@H](C)O. The summed E-state index contributed by atoms with van der Waals surface area (Å²) in [7, 11) is 0. The van der Waals surface area contributed by atoms with Crippen LogP contribution in [0, 0.1) is 5.92 Å². The quantitative estimate of drug-likeness (QED) is 0.496. The monoisotopic (exact) mass is 337 g/mol. The number of hydrogen-bond donors (Lipinski definition) is 4. The van der Waals surface area contributed by atoms with Crippen LogP contribution < -0.4 is 11.1 Å². The van der Waals surface area contributed by atoms with Crippen LogP contribution in [-0.2, 0) is 6.54 Å². The molecule has 0 aliphatic rings. The molecule has 0 fully saturated rings. The van der Waals surface area contributed by atoms with Crippen molar-refractivity contribution in [3.8, 4) is 0 Å². The molecule has 128 valence electrons. The van der Waals surface area contributed by atoms with Crippen LogP contribution >= 0.6 is 11.8 Å². The minimum absolute atomic E-state index is 0.252. The maximum absolute atomic E-state index is 9.94. The molecule has 2 atom stereocenters. The van der Waals surface area contributed by atoms with E-state index in [1.807, 2.05) is 24.9 Å². The Hall–Kier alpha value is -1.31. The zero-order valence-corrected chi connectivity index (χ0v) is 14.7. The van der Waals surface area contributed by atoms with E-state index in [4.69, 9.17) is 5.73 Å². The van der Waals surface area contributed by atoms with Gasteiger partial charge in [-0.2, -0.15) is 11.8 Å². The van der Waals surface area contributed by atoms with Crippen LogP contribution in [0.25, 0.3) is 11.0 Å². The summed E-state index contributed by atoms with van der Waals surface area (Å²) in [6, 6.07) is 0. The molecule has 2 heterocycles. The number of thioether (sulfide) groups is 1. The second-order valence-electron chi connectivity index (χ2n) is 5.86. The molecule has 0 bridgehead atoms. The van der Waals surface area contributed by atoms with E-state index >= 15 is 0 Å². The van der Waals surface area contributed by atoms with Gasteiger partial charge in [-0.15, -0.1) is 0 Å². The average molecular weight is 337 g/mol. The summed E-state index contributed by atoms with van der Waals surface area (Å²) in [5, 5.41) is 13.4. The highest BCUT2D eigenvalue weighted by molar-refractivity contribution is 7.99. The molecular weight excluding hydrogens is 310 g/mol. The highest BCUT2D eigenvalue weighted by Crippen LogP contribution is 2.19. The lowest BCUT2D eigenvalue weighted by molar-refractivity contribution is 0.136. The van der Waals surface area contributed by atoms with Gasteiger partial charge in [-0.1, -0.05) is 13.3 Å². The van der Waals surface area contributed by atoms with E-state index in [9.17, 15) is 5.11 Å². The zero-order chi connectivity index (χ0) is 16.7. The number of unbranched alkanes of at least 4 members (excludes halogenated alkanes) is 1. The first-order valence-electron chi connectivity index (χ1n) is 8.16. The lowest BCUT2D eigenvalue weighted by Gasteiger charge is -2.20. The number of hydrogen-bond acceptors (Lipinski definition) is 6. The minimum Gasteiger partial charge on any atom is -0.393 e. The van der Waals surface area contributed by atoms with E-state index < -0.39 is 0 Å². The molecule has 2 rings (SSSR count). The molecule has 0 aliphatic heterocycles. The van der Waals surface area contributed by atoms with Gasteiger partial charge in [0.2, 0.25) is 0 Å². The van der Waals surface area contributed by atoms with Crippen LogP contribution in [-0.4, -0.2) is 44.2 Å². The molecule has 23 heavy (non-hydrogen) atoms. The van der Waals surface area contributed by atoms with Gasteiger partial charge in [-0.25, -0.2) is 9.97 Å². The first-order chi connectivity index (χ1) is 11.1. The predicted molar refractivity (Wildman–Crippen MR) is 97.4 cm³/mol.